The van der Waals surface area contributed by atoms with Gasteiger partial charge in [-0.1, -0.05) is 6.08 Å². The Hall–Kier alpha value is -2.71. The highest BCUT2D eigenvalue weighted by molar-refractivity contribution is 7.89. The molecule has 0 heterocycles. The van der Waals surface area contributed by atoms with Gasteiger partial charge in [-0.2, -0.15) is 4.31 Å². The van der Waals surface area contributed by atoms with Gasteiger partial charge in [0, 0.05) is 12.2 Å². The maximum atomic E-state index is 12.9. The Balaban J connectivity index is 2.16. The highest BCUT2D eigenvalue weighted by Crippen LogP contribution is 2.19. The quantitative estimate of drug-likeness (QED) is 0.717. The Morgan fingerprint density at radius 2 is 1.81 bits per heavy atom. The van der Waals surface area contributed by atoms with E-state index < -0.39 is 28.3 Å². The van der Waals surface area contributed by atoms with Crippen molar-refractivity contribution in [3.63, 3.8) is 0 Å². The highest BCUT2D eigenvalue weighted by Gasteiger charge is 2.25. The average molecular weight is 378 g/mol. The van der Waals surface area contributed by atoms with Crippen LogP contribution < -0.4 is 10.1 Å². The van der Waals surface area contributed by atoms with Crippen molar-refractivity contribution in [2.45, 2.75) is 4.90 Å². The molecule has 0 saturated heterocycles. The molecule has 2 rings (SSSR count). The fraction of sp³-hybridized carbons (Fsp3) is 0.167. The van der Waals surface area contributed by atoms with Gasteiger partial charge < -0.3 is 10.1 Å². The van der Waals surface area contributed by atoms with Gasteiger partial charge in [0.05, 0.1) is 18.6 Å². The summed E-state index contributed by atoms with van der Waals surface area (Å²) in [5, 5.41) is 2.53. The number of methoxy groups -OCH3 is 1. The zero-order chi connectivity index (χ0) is 19.2. The Morgan fingerprint density at radius 3 is 2.35 bits per heavy atom. The number of benzene rings is 2. The SMILES string of the molecule is C=CCN(CC(=O)Nc1ccc(F)cc1)S(=O)(=O)c1ccc(OC)cc1. The molecule has 0 saturated carbocycles. The first-order valence-corrected chi connectivity index (χ1v) is 9.11. The lowest BCUT2D eigenvalue weighted by atomic mass is 10.3. The van der Waals surface area contributed by atoms with E-state index in [0.717, 1.165) is 4.31 Å². The molecule has 0 atom stereocenters. The molecular formula is C18H19FN2O4S. The second kappa shape index (κ2) is 8.59. The van der Waals surface area contributed by atoms with E-state index in [4.69, 9.17) is 4.74 Å². The van der Waals surface area contributed by atoms with E-state index in [1.165, 1.54) is 61.7 Å². The van der Waals surface area contributed by atoms with Gasteiger partial charge in [0.2, 0.25) is 15.9 Å². The van der Waals surface area contributed by atoms with E-state index in [-0.39, 0.29) is 11.4 Å². The molecule has 0 bridgehead atoms. The first kappa shape index (κ1) is 19.6. The van der Waals surface area contributed by atoms with E-state index in [1.807, 2.05) is 0 Å². The molecule has 138 valence electrons. The number of sulfonamides is 1. The Bertz CT molecular complexity index is 865. The highest BCUT2D eigenvalue weighted by atomic mass is 32.2. The van der Waals surface area contributed by atoms with Gasteiger partial charge in [0.1, 0.15) is 11.6 Å². The van der Waals surface area contributed by atoms with E-state index in [2.05, 4.69) is 11.9 Å². The van der Waals surface area contributed by atoms with Crippen molar-refractivity contribution in [2.24, 2.45) is 0 Å². The molecule has 0 aliphatic rings. The molecule has 0 spiro atoms. The summed E-state index contributed by atoms with van der Waals surface area (Å²) in [5.74, 6) is -0.456. The van der Waals surface area contributed by atoms with Crippen molar-refractivity contribution in [3.8, 4) is 5.75 Å². The summed E-state index contributed by atoms with van der Waals surface area (Å²) in [5.41, 5.74) is 0.372. The van der Waals surface area contributed by atoms with Crippen LogP contribution in [0.25, 0.3) is 0 Å². The number of nitrogens with one attached hydrogen (secondary N) is 1. The monoisotopic (exact) mass is 378 g/mol. The molecule has 0 unspecified atom stereocenters. The van der Waals surface area contributed by atoms with Crippen LogP contribution in [0.4, 0.5) is 10.1 Å². The zero-order valence-corrected chi connectivity index (χ0v) is 15.0. The summed E-state index contributed by atoms with van der Waals surface area (Å²) >= 11 is 0. The average Bonchev–Trinajstić information content (AvgIpc) is 2.63. The van der Waals surface area contributed by atoms with E-state index in [0.29, 0.717) is 11.4 Å². The lowest BCUT2D eigenvalue weighted by Crippen LogP contribution is -2.38. The van der Waals surface area contributed by atoms with Crippen LogP contribution in [0.3, 0.4) is 0 Å². The third-order valence-electron chi connectivity index (χ3n) is 3.48. The smallest absolute Gasteiger partial charge is 0.243 e. The van der Waals surface area contributed by atoms with Gasteiger partial charge in [-0.25, -0.2) is 12.8 Å². The van der Waals surface area contributed by atoms with Crippen LogP contribution in [0.5, 0.6) is 5.75 Å². The summed E-state index contributed by atoms with van der Waals surface area (Å²) in [6.45, 7) is 3.10. The van der Waals surface area contributed by atoms with Gasteiger partial charge in [-0.3, -0.25) is 4.79 Å². The number of hydrogen-bond acceptors (Lipinski definition) is 4. The molecule has 0 aliphatic carbocycles. The van der Waals surface area contributed by atoms with Crippen LogP contribution in [-0.2, 0) is 14.8 Å². The largest absolute Gasteiger partial charge is 0.497 e. The number of carbonyl (C=O) groups is 1. The number of anilines is 1. The molecule has 0 fully saturated rings. The summed E-state index contributed by atoms with van der Waals surface area (Å²) in [7, 11) is -2.42. The second-order valence-corrected chi connectivity index (χ2v) is 7.25. The van der Waals surface area contributed by atoms with Crippen LogP contribution in [-0.4, -0.2) is 38.8 Å². The molecule has 0 aromatic heterocycles. The minimum absolute atomic E-state index is 0.0365. The summed E-state index contributed by atoms with van der Waals surface area (Å²) in [6, 6.07) is 11.0. The van der Waals surface area contributed by atoms with Crippen LogP contribution in [0.1, 0.15) is 0 Å². The standard InChI is InChI=1S/C18H19FN2O4S/c1-3-12-21(13-18(22)20-15-6-4-14(19)5-7-15)26(23,24)17-10-8-16(25-2)9-11-17/h3-11H,1,12-13H2,2H3,(H,20,22). The fourth-order valence-electron chi connectivity index (χ4n) is 2.18. The topological polar surface area (TPSA) is 75.7 Å². The van der Waals surface area contributed by atoms with E-state index >= 15 is 0 Å². The molecule has 2 aromatic carbocycles. The van der Waals surface area contributed by atoms with Crippen LogP contribution in [0.2, 0.25) is 0 Å². The van der Waals surface area contributed by atoms with Gasteiger partial charge in [-0.05, 0) is 48.5 Å². The lowest BCUT2D eigenvalue weighted by Gasteiger charge is -2.20. The number of hydrogen-bond donors (Lipinski definition) is 1. The molecule has 1 N–H and O–H groups in total. The Morgan fingerprint density at radius 1 is 1.19 bits per heavy atom. The maximum Gasteiger partial charge on any atom is 0.243 e. The van der Waals surface area contributed by atoms with E-state index in [1.54, 1.807) is 0 Å². The summed E-state index contributed by atoms with van der Waals surface area (Å²) in [6.07, 6.45) is 1.40. The lowest BCUT2D eigenvalue weighted by molar-refractivity contribution is -0.116. The normalized spacial score (nSPS) is 11.2. The van der Waals surface area contributed by atoms with Gasteiger partial charge in [0.25, 0.3) is 0 Å². The summed E-state index contributed by atoms with van der Waals surface area (Å²) in [4.78, 5) is 12.2. The predicted octanol–water partition coefficient (Wildman–Crippen LogP) is 2.65. The molecule has 0 aliphatic heterocycles. The first-order chi connectivity index (χ1) is 12.4. The number of carbonyl (C=O) groups excluding carboxylic acids is 1. The molecule has 0 radical (unpaired) electrons. The third-order valence-corrected chi connectivity index (χ3v) is 5.30. The number of rotatable bonds is 8. The number of ether oxygens (including phenoxy) is 1. The zero-order valence-electron chi connectivity index (χ0n) is 14.2. The number of halogens is 1. The van der Waals surface area contributed by atoms with Crippen LogP contribution in [0, 0.1) is 5.82 Å². The van der Waals surface area contributed by atoms with E-state index in [9.17, 15) is 17.6 Å². The molecular weight excluding hydrogens is 359 g/mol. The number of amides is 1. The van der Waals surface area contributed by atoms with Crippen molar-refractivity contribution in [2.75, 3.05) is 25.5 Å². The van der Waals surface area contributed by atoms with Crippen molar-refractivity contribution < 1.29 is 22.3 Å². The summed E-state index contributed by atoms with van der Waals surface area (Å²) < 4.78 is 44.5. The molecule has 2 aromatic rings. The Kier molecular flexibility index (Phi) is 6.48. The van der Waals surface area contributed by atoms with Crippen molar-refractivity contribution in [3.05, 3.63) is 67.0 Å². The fourth-order valence-corrected chi connectivity index (χ4v) is 3.55. The molecule has 1 amide bonds. The van der Waals surface area contributed by atoms with Crippen molar-refractivity contribution in [1.82, 2.24) is 4.31 Å². The van der Waals surface area contributed by atoms with Crippen molar-refractivity contribution >= 4 is 21.6 Å². The van der Waals surface area contributed by atoms with Gasteiger partial charge in [0.15, 0.2) is 0 Å². The molecule has 6 nitrogen and oxygen atoms in total. The molecule has 26 heavy (non-hydrogen) atoms. The van der Waals surface area contributed by atoms with Crippen LogP contribution >= 0.6 is 0 Å². The van der Waals surface area contributed by atoms with Crippen molar-refractivity contribution in [1.29, 1.82) is 0 Å². The van der Waals surface area contributed by atoms with Crippen LogP contribution in [0.15, 0.2) is 66.1 Å². The maximum absolute atomic E-state index is 12.9. The van der Waals surface area contributed by atoms with Gasteiger partial charge >= 0.3 is 0 Å². The predicted molar refractivity (Wildman–Crippen MR) is 97.0 cm³/mol. The molecule has 8 heteroatoms. The minimum atomic E-state index is -3.90. The number of nitrogens with zero attached hydrogens (tertiary/aromatic N) is 1. The Labute approximate surface area is 151 Å². The first-order valence-electron chi connectivity index (χ1n) is 7.67. The van der Waals surface area contributed by atoms with Gasteiger partial charge in [-0.15, -0.1) is 6.58 Å². The second-order valence-electron chi connectivity index (χ2n) is 5.32. The minimum Gasteiger partial charge on any atom is -0.497 e. The third kappa shape index (κ3) is 4.90.